The third-order valence-corrected chi connectivity index (χ3v) is 2.75. The summed E-state index contributed by atoms with van der Waals surface area (Å²) in [4.78, 5) is 23.7. The molecule has 0 saturated heterocycles. The van der Waals surface area contributed by atoms with E-state index in [2.05, 4.69) is 5.32 Å². The molecule has 98 valence electrons. The highest BCUT2D eigenvalue weighted by Crippen LogP contribution is 2.06. The second kappa shape index (κ2) is 6.00. The van der Waals surface area contributed by atoms with Crippen LogP contribution in [0.3, 0.4) is 0 Å². The third kappa shape index (κ3) is 3.55. The highest BCUT2D eigenvalue weighted by atomic mass is 16.3. The molecular formula is C15H15NO3. The molecule has 2 rings (SSSR count). The summed E-state index contributed by atoms with van der Waals surface area (Å²) < 4.78 is 4.84. The quantitative estimate of drug-likeness (QED) is 0.838. The molecule has 0 aliphatic heterocycles. The van der Waals surface area contributed by atoms with E-state index in [1.54, 1.807) is 25.1 Å². The summed E-state index contributed by atoms with van der Waals surface area (Å²) in [6.07, 6.45) is 3.09. The van der Waals surface area contributed by atoms with Crippen molar-refractivity contribution in [3.63, 3.8) is 0 Å². The Kier molecular flexibility index (Phi) is 4.13. The van der Waals surface area contributed by atoms with Gasteiger partial charge in [0, 0.05) is 18.0 Å². The van der Waals surface area contributed by atoms with Crippen LogP contribution in [-0.2, 0) is 0 Å². The molecular weight excluding hydrogens is 242 g/mol. The Morgan fingerprint density at radius 1 is 1.16 bits per heavy atom. The lowest BCUT2D eigenvalue weighted by atomic mass is 10.0. The van der Waals surface area contributed by atoms with E-state index in [1.165, 1.54) is 12.5 Å². The minimum atomic E-state index is -0.234. The van der Waals surface area contributed by atoms with Crippen LogP contribution in [0, 0.1) is 0 Å². The van der Waals surface area contributed by atoms with E-state index in [-0.39, 0.29) is 24.2 Å². The molecule has 0 aliphatic carbocycles. The minimum Gasteiger partial charge on any atom is -0.472 e. The van der Waals surface area contributed by atoms with Gasteiger partial charge in [0.15, 0.2) is 5.78 Å². The average molecular weight is 257 g/mol. The lowest BCUT2D eigenvalue weighted by Crippen LogP contribution is -2.34. The van der Waals surface area contributed by atoms with E-state index in [1.807, 2.05) is 18.2 Å². The first kappa shape index (κ1) is 13.1. The summed E-state index contributed by atoms with van der Waals surface area (Å²) in [5, 5.41) is 2.76. The highest BCUT2D eigenvalue weighted by molar-refractivity contribution is 5.97. The Balaban J connectivity index is 1.90. The molecule has 4 heteroatoms. The second-order valence-corrected chi connectivity index (χ2v) is 4.38. The Morgan fingerprint density at radius 2 is 1.89 bits per heavy atom. The zero-order chi connectivity index (χ0) is 13.7. The lowest BCUT2D eigenvalue weighted by molar-refractivity contribution is 0.0918. The molecule has 1 heterocycles. The van der Waals surface area contributed by atoms with Gasteiger partial charge in [0.2, 0.25) is 0 Å². The predicted octanol–water partition coefficient (Wildman–Crippen LogP) is 2.67. The van der Waals surface area contributed by atoms with Gasteiger partial charge in [0.05, 0.1) is 11.8 Å². The fourth-order valence-corrected chi connectivity index (χ4v) is 1.77. The number of benzene rings is 1. The van der Waals surface area contributed by atoms with Gasteiger partial charge in [-0.25, -0.2) is 0 Å². The molecule has 2 aromatic rings. The van der Waals surface area contributed by atoms with Crippen LogP contribution in [0.25, 0.3) is 0 Å². The third-order valence-electron chi connectivity index (χ3n) is 2.75. The number of carbonyl (C=O) groups is 2. The van der Waals surface area contributed by atoms with Crippen molar-refractivity contribution < 1.29 is 14.0 Å². The number of hydrogen-bond acceptors (Lipinski definition) is 3. The van der Waals surface area contributed by atoms with Gasteiger partial charge in [0.25, 0.3) is 5.91 Å². The molecule has 19 heavy (non-hydrogen) atoms. The van der Waals surface area contributed by atoms with Gasteiger partial charge in [-0.05, 0) is 13.0 Å². The van der Waals surface area contributed by atoms with Gasteiger partial charge in [-0.2, -0.15) is 0 Å². The Bertz CT molecular complexity index is 546. The smallest absolute Gasteiger partial charge is 0.254 e. The summed E-state index contributed by atoms with van der Waals surface area (Å²) in [6, 6.07) is 10.4. The van der Waals surface area contributed by atoms with Crippen LogP contribution < -0.4 is 5.32 Å². The molecule has 1 atom stereocenters. The SMILES string of the molecule is C[C@@H](CC(=O)c1ccccc1)NC(=O)c1ccoc1. The van der Waals surface area contributed by atoms with E-state index in [0.29, 0.717) is 11.1 Å². The van der Waals surface area contributed by atoms with Crippen molar-refractivity contribution >= 4 is 11.7 Å². The van der Waals surface area contributed by atoms with Gasteiger partial charge in [-0.1, -0.05) is 30.3 Å². The Labute approximate surface area is 111 Å². The molecule has 0 bridgehead atoms. The molecule has 1 aromatic carbocycles. The maximum Gasteiger partial charge on any atom is 0.254 e. The maximum atomic E-state index is 12.0. The summed E-state index contributed by atoms with van der Waals surface area (Å²) in [5.74, 6) is -0.220. The first-order valence-electron chi connectivity index (χ1n) is 6.08. The number of rotatable bonds is 5. The molecule has 0 aliphatic rings. The van der Waals surface area contributed by atoms with Crippen LogP contribution in [0.15, 0.2) is 53.3 Å². The standard InChI is InChI=1S/C15H15NO3/c1-11(16-15(18)13-7-8-19-10-13)9-14(17)12-5-3-2-4-6-12/h2-8,10-11H,9H2,1H3,(H,16,18)/t11-/m0/s1. The monoisotopic (exact) mass is 257 g/mol. The summed E-state index contributed by atoms with van der Waals surface area (Å²) in [5.41, 5.74) is 1.12. The van der Waals surface area contributed by atoms with Crippen molar-refractivity contribution in [3.05, 3.63) is 60.1 Å². The Morgan fingerprint density at radius 3 is 2.53 bits per heavy atom. The minimum absolute atomic E-state index is 0.0144. The maximum absolute atomic E-state index is 12.0. The van der Waals surface area contributed by atoms with E-state index in [0.717, 1.165) is 0 Å². The molecule has 0 spiro atoms. The zero-order valence-corrected chi connectivity index (χ0v) is 10.6. The van der Waals surface area contributed by atoms with Gasteiger partial charge in [-0.15, -0.1) is 0 Å². The molecule has 0 saturated carbocycles. The zero-order valence-electron chi connectivity index (χ0n) is 10.6. The lowest BCUT2D eigenvalue weighted by Gasteiger charge is -2.12. The van der Waals surface area contributed by atoms with E-state index < -0.39 is 0 Å². The van der Waals surface area contributed by atoms with Crippen LogP contribution in [0.1, 0.15) is 34.1 Å². The normalized spacial score (nSPS) is 11.8. The van der Waals surface area contributed by atoms with Gasteiger partial charge in [-0.3, -0.25) is 9.59 Å². The van der Waals surface area contributed by atoms with Crippen molar-refractivity contribution in [1.82, 2.24) is 5.32 Å². The second-order valence-electron chi connectivity index (χ2n) is 4.38. The summed E-state index contributed by atoms with van der Waals surface area (Å²) in [6.45, 7) is 1.80. The number of Topliss-reactive ketones (excluding diaryl/α,β-unsaturated/α-hetero) is 1. The molecule has 0 fully saturated rings. The van der Waals surface area contributed by atoms with Crippen molar-refractivity contribution in [1.29, 1.82) is 0 Å². The molecule has 4 nitrogen and oxygen atoms in total. The average Bonchev–Trinajstić information content (AvgIpc) is 2.93. The molecule has 1 amide bonds. The van der Waals surface area contributed by atoms with Crippen LogP contribution in [-0.4, -0.2) is 17.7 Å². The van der Waals surface area contributed by atoms with Crippen molar-refractivity contribution in [2.75, 3.05) is 0 Å². The predicted molar refractivity (Wildman–Crippen MR) is 71.0 cm³/mol. The van der Waals surface area contributed by atoms with Crippen molar-refractivity contribution in [2.45, 2.75) is 19.4 Å². The molecule has 0 unspecified atom stereocenters. The first-order chi connectivity index (χ1) is 9.16. The summed E-state index contributed by atoms with van der Waals surface area (Å²) in [7, 11) is 0. The van der Waals surface area contributed by atoms with E-state index >= 15 is 0 Å². The number of furan rings is 1. The topological polar surface area (TPSA) is 59.3 Å². The first-order valence-corrected chi connectivity index (χ1v) is 6.08. The van der Waals surface area contributed by atoms with Crippen LogP contribution >= 0.6 is 0 Å². The molecule has 1 N–H and O–H groups in total. The van der Waals surface area contributed by atoms with E-state index in [9.17, 15) is 9.59 Å². The largest absolute Gasteiger partial charge is 0.472 e. The number of nitrogens with one attached hydrogen (secondary N) is 1. The van der Waals surface area contributed by atoms with Crippen LogP contribution in [0.2, 0.25) is 0 Å². The van der Waals surface area contributed by atoms with Gasteiger partial charge < -0.3 is 9.73 Å². The van der Waals surface area contributed by atoms with E-state index in [4.69, 9.17) is 4.42 Å². The highest BCUT2D eigenvalue weighted by Gasteiger charge is 2.14. The van der Waals surface area contributed by atoms with Gasteiger partial charge in [0.1, 0.15) is 6.26 Å². The van der Waals surface area contributed by atoms with Crippen molar-refractivity contribution in [2.24, 2.45) is 0 Å². The van der Waals surface area contributed by atoms with Gasteiger partial charge >= 0.3 is 0 Å². The number of carbonyl (C=O) groups excluding carboxylic acids is 2. The fourth-order valence-electron chi connectivity index (χ4n) is 1.77. The molecule has 0 radical (unpaired) electrons. The summed E-state index contributed by atoms with van der Waals surface area (Å²) >= 11 is 0. The van der Waals surface area contributed by atoms with Crippen LogP contribution in [0.5, 0.6) is 0 Å². The van der Waals surface area contributed by atoms with Crippen molar-refractivity contribution in [3.8, 4) is 0 Å². The number of amides is 1. The fraction of sp³-hybridized carbons (Fsp3) is 0.200. The van der Waals surface area contributed by atoms with Crippen LogP contribution in [0.4, 0.5) is 0 Å². The number of ketones is 1. The Hall–Kier alpha value is -2.36. The molecule has 1 aromatic heterocycles. The number of hydrogen-bond donors (Lipinski definition) is 1.